The van der Waals surface area contributed by atoms with E-state index in [1.807, 2.05) is 36.8 Å². The maximum atomic E-state index is 4.81. The average Bonchev–Trinajstić information content (AvgIpc) is 3.24. The zero-order valence-electron chi connectivity index (χ0n) is 13.6. The van der Waals surface area contributed by atoms with Crippen molar-refractivity contribution in [2.75, 3.05) is 0 Å². The van der Waals surface area contributed by atoms with Gasteiger partial charge in [-0.1, -0.05) is 18.2 Å². The van der Waals surface area contributed by atoms with Crippen LogP contribution in [0.25, 0.3) is 22.7 Å². The van der Waals surface area contributed by atoms with Gasteiger partial charge in [0.2, 0.25) is 0 Å². The van der Waals surface area contributed by atoms with Crippen LogP contribution >= 0.6 is 0 Å². The fraction of sp³-hybridized carbons (Fsp3) is 0.211. The van der Waals surface area contributed by atoms with Crippen molar-refractivity contribution in [2.45, 2.75) is 26.4 Å². The van der Waals surface area contributed by atoms with Crippen LogP contribution in [-0.4, -0.2) is 24.1 Å². The van der Waals surface area contributed by atoms with Crippen LogP contribution in [0.4, 0.5) is 0 Å². The van der Waals surface area contributed by atoms with E-state index in [9.17, 15) is 0 Å². The van der Waals surface area contributed by atoms with Crippen LogP contribution in [-0.2, 0) is 19.5 Å². The Bertz CT molecular complexity index is 952. The molecule has 0 spiro atoms. The van der Waals surface area contributed by atoms with Crippen molar-refractivity contribution in [3.05, 3.63) is 66.7 Å². The lowest BCUT2D eigenvalue weighted by molar-refractivity contribution is 0.688. The van der Waals surface area contributed by atoms with E-state index in [1.165, 1.54) is 5.56 Å². The van der Waals surface area contributed by atoms with Crippen LogP contribution in [0.3, 0.4) is 0 Å². The summed E-state index contributed by atoms with van der Waals surface area (Å²) in [7, 11) is 0. The zero-order valence-corrected chi connectivity index (χ0v) is 13.6. The monoisotopic (exact) mass is 317 g/mol. The molecule has 0 bridgehead atoms. The average molecular weight is 317 g/mol. The molecule has 0 saturated heterocycles. The highest BCUT2D eigenvalue weighted by molar-refractivity contribution is 5.79. The van der Waals surface area contributed by atoms with Crippen molar-refractivity contribution >= 4 is 11.0 Å². The summed E-state index contributed by atoms with van der Waals surface area (Å²) in [6.45, 7) is 3.86. The highest BCUT2D eigenvalue weighted by Gasteiger charge is 2.15. The molecule has 0 aliphatic rings. The second kappa shape index (κ2) is 6.28. The summed E-state index contributed by atoms with van der Waals surface area (Å²) in [5.41, 5.74) is 3.38. The summed E-state index contributed by atoms with van der Waals surface area (Å²) in [6.07, 6.45) is 8.50. The number of aryl methyl sites for hydroxylation is 3. The van der Waals surface area contributed by atoms with Crippen molar-refractivity contribution < 1.29 is 0 Å². The molecular weight excluding hydrogens is 298 g/mol. The number of para-hydroxylation sites is 2. The molecule has 0 unspecified atom stereocenters. The third kappa shape index (κ3) is 2.58. The topological polar surface area (TPSA) is 48.5 Å². The largest absolute Gasteiger partial charge is 0.328 e. The van der Waals surface area contributed by atoms with Gasteiger partial charge in [-0.15, -0.1) is 0 Å². The Morgan fingerprint density at radius 1 is 1.00 bits per heavy atom. The van der Waals surface area contributed by atoms with Gasteiger partial charge in [0.15, 0.2) is 11.6 Å². The number of nitrogens with zero attached hydrogens (tertiary/aromatic N) is 5. The number of imidazole rings is 2. The number of pyridine rings is 1. The SMILES string of the molecule is CCn1c(-c2nccn2CCc2cccnc2)nc2ccccc21. The molecule has 3 heterocycles. The van der Waals surface area contributed by atoms with Crippen molar-refractivity contribution in [1.29, 1.82) is 0 Å². The normalized spacial score (nSPS) is 11.2. The molecule has 0 saturated carbocycles. The number of benzene rings is 1. The minimum Gasteiger partial charge on any atom is -0.328 e. The third-order valence-electron chi connectivity index (χ3n) is 4.25. The molecule has 5 heteroatoms. The van der Waals surface area contributed by atoms with Gasteiger partial charge < -0.3 is 9.13 Å². The molecule has 0 amide bonds. The molecule has 0 aliphatic heterocycles. The molecule has 0 aliphatic carbocycles. The first-order valence-electron chi connectivity index (χ1n) is 8.22. The molecule has 24 heavy (non-hydrogen) atoms. The zero-order chi connectivity index (χ0) is 16.4. The van der Waals surface area contributed by atoms with E-state index in [-0.39, 0.29) is 0 Å². The van der Waals surface area contributed by atoms with Gasteiger partial charge >= 0.3 is 0 Å². The molecule has 1 aromatic carbocycles. The van der Waals surface area contributed by atoms with Gasteiger partial charge in [-0.05, 0) is 37.1 Å². The number of rotatable bonds is 5. The lowest BCUT2D eigenvalue weighted by Gasteiger charge is -2.09. The Hall–Kier alpha value is -2.95. The van der Waals surface area contributed by atoms with Gasteiger partial charge in [-0.3, -0.25) is 4.98 Å². The summed E-state index contributed by atoms with van der Waals surface area (Å²) in [6, 6.07) is 12.3. The molecule has 0 atom stereocenters. The molecule has 4 aromatic rings. The summed E-state index contributed by atoms with van der Waals surface area (Å²) in [4.78, 5) is 13.6. The van der Waals surface area contributed by atoms with Crippen LogP contribution in [0.2, 0.25) is 0 Å². The van der Waals surface area contributed by atoms with E-state index in [2.05, 4.69) is 44.2 Å². The van der Waals surface area contributed by atoms with Gasteiger partial charge in [-0.2, -0.15) is 0 Å². The lowest BCUT2D eigenvalue weighted by Crippen LogP contribution is -2.06. The molecule has 3 aromatic heterocycles. The number of aromatic nitrogens is 5. The van der Waals surface area contributed by atoms with E-state index in [4.69, 9.17) is 4.98 Å². The van der Waals surface area contributed by atoms with Crippen molar-refractivity contribution in [2.24, 2.45) is 0 Å². The Balaban J connectivity index is 1.69. The molecular formula is C19H19N5. The van der Waals surface area contributed by atoms with Gasteiger partial charge in [0.05, 0.1) is 11.0 Å². The fourth-order valence-corrected chi connectivity index (χ4v) is 3.06. The Kier molecular flexibility index (Phi) is 3.83. The summed E-state index contributed by atoms with van der Waals surface area (Å²) >= 11 is 0. The standard InChI is InChI=1S/C19H19N5/c1-2-24-17-8-4-3-7-16(17)22-19(24)18-21-11-13-23(18)12-9-15-6-5-10-20-14-15/h3-8,10-11,13-14H,2,9,12H2,1H3. The number of hydrogen-bond acceptors (Lipinski definition) is 3. The van der Waals surface area contributed by atoms with E-state index in [0.717, 1.165) is 42.2 Å². The molecule has 0 N–H and O–H groups in total. The highest BCUT2D eigenvalue weighted by atomic mass is 15.2. The molecule has 0 fully saturated rings. The van der Waals surface area contributed by atoms with Crippen molar-refractivity contribution in [3.63, 3.8) is 0 Å². The van der Waals surface area contributed by atoms with E-state index >= 15 is 0 Å². The lowest BCUT2D eigenvalue weighted by atomic mass is 10.2. The smallest absolute Gasteiger partial charge is 0.177 e. The predicted octanol–water partition coefficient (Wildman–Crippen LogP) is 3.56. The summed E-state index contributed by atoms with van der Waals surface area (Å²) < 4.78 is 4.39. The van der Waals surface area contributed by atoms with Crippen LogP contribution in [0.1, 0.15) is 12.5 Å². The summed E-state index contributed by atoms with van der Waals surface area (Å²) in [5, 5.41) is 0. The first-order valence-corrected chi connectivity index (χ1v) is 8.22. The van der Waals surface area contributed by atoms with E-state index in [0.29, 0.717) is 0 Å². The van der Waals surface area contributed by atoms with Gasteiger partial charge in [0, 0.05) is 37.9 Å². The molecule has 4 rings (SSSR count). The maximum Gasteiger partial charge on any atom is 0.177 e. The third-order valence-corrected chi connectivity index (χ3v) is 4.25. The Labute approximate surface area is 140 Å². The van der Waals surface area contributed by atoms with Crippen LogP contribution in [0.15, 0.2) is 61.2 Å². The van der Waals surface area contributed by atoms with Crippen LogP contribution in [0.5, 0.6) is 0 Å². The summed E-state index contributed by atoms with van der Waals surface area (Å²) in [5.74, 6) is 1.84. The first-order chi connectivity index (χ1) is 11.9. The minimum absolute atomic E-state index is 0.855. The van der Waals surface area contributed by atoms with E-state index < -0.39 is 0 Å². The van der Waals surface area contributed by atoms with Crippen LogP contribution in [0, 0.1) is 0 Å². The van der Waals surface area contributed by atoms with Crippen molar-refractivity contribution in [3.8, 4) is 11.6 Å². The molecule has 120 valence electrons. The van der Waals surface area contributed by atoms with E-state index in [1.54, 1.807) is 6.20 Å². The molecule has 0 radical (unpaired) electrons. The Morgan fingerprint density at radius 2 is 1.92 bits per heavy atom. The van der Waals surface area contributed by atoms with Gasteiger partial charge in [-0.25, -0.2) is 9.97 Å². The van der Waals surface area contributed by atoms with Gasteiger partial charge in [0.1, 0.15) is 0 Å². The second-order valence-corrected chi connectivity index (χ2v) is 5.72. The number of hydrogen-bond donors (Lipinski definition) is 0. The maximum absolute atomic E-state index is 4.81. The fourth-order valence-electron chi connectivity index (χ4n) is 3.06. The second-order valence-electron chi connectivity index (χ2n) is 5.72. The van der Waals surface area contributed by atoms with Crippen LogP contribution < -0.4 is 0 Å². The minimum atomic E-state index is 0.855. The molecule has 5 nitrogen and oxygen atoms in total. The first kappa shape index (κ1) is 14.6. The quantitative estimate of drug-likeness (QED) is 0.565. The highest BCUT2D eigenvalue weighted by Crippen LogP contribution is 2.23. The predicted molar refractivity (Wildman–Crippen MR) is 94.6 cm³/mol. The Morgan fingerprint density at radius 3 is 2.75 bits per heavy atom. The van der Waals surface area contributed by atoms with Crippen molar-refractivity contribution in [1.82, 2.24) is 24.1 Å². The number of fused-ring (bicyclic) bond motifs is 1. The van der Waals surface area contributed by atoms with Gasteiger partial charge in [0.25, 0.3) is 0 Å².